The van der Waals surface area contributed by atoms with E-state index in [1.54, 1.807) is 35.2 Å². The van der Waals surface area contributed by atoms with E-state index in [-0.39, 0.29) is 30.2 Å². The number of nitrogens with zero attached hydrogens (tertiary/aromatic N) is 1. The predicted molar refractivity (Wildman–Crippen MR) is 114 cm³/mol. The molecule has 4 nitrogen and oxygen atoms in total. The topological polar surface area (TPSA) is 41.6 Å². The third-order valence-corrected chi connectivity index (χ3v) is 5.70. The highest BCUT2D eigenvalue weighted by molar-refractivity contribution is 6.30. The minimum atomic E-state index is -4.44. The maximum atomic E-state index is 13.5. The SMILES string of the molecule is CCC(C)NC(=O)N1CC(OC(Cc2ccccc2C(F)(F)F)c2ccc(Cl)cc2)C1. The summed E-state index contributed by atoms with van der Waals surface area (Å²) in [5.41, 5.74) is 0.241. The lowest BCUT2D eigenvalue weighted by Crippen LogP contribution is -2.59. The van der Waals surface area contributed by atoms with E-state index in [1.807, 2.05) is 13.8 Å². The van der Waals surface area contributed by atoms with Crippen LogP contribution in [0.2, 0.25) is 5.02 Å². The van der Waals surface area contributed by atoms with Gasteiger partial charge >= 0.3 is 12.2 Å². The molecule has 2 atom stereocenters. The summed E-state index contributed by atoms with van der Waals surface area (Å²) in [5, 5.41) is 3.44. The van der Waals surface area contributed by atoms with Gasteiger partial charge in [-0.05, 0) is 42.7 Å². The highest BCUT2D eigenvalue weighted by Crippen LogP contribution is 2.35. The quantitative estimate of drug-likeness (QED) is 0.570. The number of carbonyl (C=O) groups is 1. The Labute approximate surface area is 185 Å². The van der Waals surface area contributed by atoms with Crippen LogP contribution in [0.1, 0.15) is 43.1 Å². The number of hydrogen-bond donors (Lipinski definition) is 1. The molecule has 1 heterocycles. The van der Waals surface area contributed by atoms with E-state index >= 15 is 0 Å². The molecule has 1 aliphatic rings. The summed E-state index contributed by atoms with van der Waals surface area (Å²) in [7, 11) is 0. The molecule has 168 valence electrons. The van der Waals surface area contributed by atoms with Crippen molar-refractivity contribution in [3.63, 3.8) is 0 Å². The predicted octanol–water partition coefficient (Wildman–Crippen LogP) is 5.85. The zero-order chi connectivity index (χ0) is 22.6. The van der Waals surface area contributed by atoms with Crippen LogP contribution in [0.25, 0.3) is 0 Å². The fourth-order valence-electron chi connectivity index (χ4n) is 3.42. The number of rotatable bonds is 7. The van der Waals surface area contributed by atoms with Crippen LogP contribution in [0.4, 0.5) is 18.0 Å². The molecule has 2 unspecified atom stereocenters. The second kappa shape index (κ2) is 9.92. The molecule has 1 aliphatic heterocycles. The lowest BCUT2D eigenvalue weighted by atomic mass is 9.96. The highest BCUT2D eigenvalue weighted by Gasteiger charge is 2.36. The van der Waals surface area contributed by atoms with Crippen LogP contribution < -0.4 is 5.32 Å². The zero-order valence-electron chi connectivity index (χ0n) is 17.5. The summed E-state index contributed by atoms with van der Waals surface area (Å²) < 4.78 is 46.5. The van der Waals surface area contributed by atoms with E-state index in [4.69, 9.17) is 16.3 Å². The van der Waals surface area contributed by atoms with Gasteiger partial charge in [0.15, 0.2) is 0 Å². The molecule has 0 saturated carbocycles. The van der Waals surface area contributed by atoms with Gasteiger partial charge in [-0.15, -0.1) is 0 Å². The monoisotopic (exact) mass is 454 g/mol. The van der Waals surface area contributed by atoms with Crippen molar-refractivity contribution in [2.75, 3.05) is 13.1 Å². The minimum absolute atomic E-state index is 0.0624. The van der Waals surface area contributed by atoms with E-state index in [0.717, 1.165) is 18.1 Å². The third-order valence-electron chi connectivity index (χ3n) is 5.44. The Morgan fingerprint density at radius 3 is 2.45 bits per heavy atom. The number of benzene rings is 2. The molecule has 0 radical (unpaired) electrons. The van der Waals surface area contributed by atoms with Crippen LogP contribution in [0.3, 0.4) is 0 Å². The van der Waals surface area contributed by atoms with Crippen molar-refractivity contribution in [3.05, 3.63) is 70.2 Å². The molecule has 3 rings (SSSR count). The number of likely N-dealkylation sites (tertiary alicyclic amines) is 1. The van der Waals surface area contributed by atoms with Gasteiger partial charge in [-0.3, -0.25) is 0 Å². The maximum absolute atomic E-state index is 13.5. The zero-order valence-corrected chi connectivity index (χ0v) is 18.2. The second-order valence-electron chi connectivity index (χ2n) is 7.82. The summed E-state index contributed by atoms with van der Waals surface area (Å²) in [4.78, 5) is 13.8. The molecular weight excluding hydrogens is 429 g/mol. The standard InChI is InChI=1S/C23H26ClF3N2O2/c1-3-15(2)28-22(30)29-13-19(14-29)31-21(16-8-10-18(24)11-9-16)12-17-6-4-5-7-20(17)23(25,26)27/h4-11,15,19,21H,3,12-14H2,1-2H3,(H,28,30). The van der Waals surface area contributed by atoms with Crippen LogP contribution in [-0.2, 0) is 17.3 Å². The number of urea groups is 1. The van der Waals surface area contributed by atoms with Gasteiger partial charge < -0.3 is 15.0 Å². The van der Waals surface area contributed by atoms with E-state index in [2.05, 4.69) is 5.32 Å². The van der Waals surface area contributed by atoms with Crippen molar-refractivity contribution >= 4 is 17.6 Å². The van der Waals surface area contributed by atoms with E-state index in [0.29, 0.717) is 18.1 Å². The van der Waals surface area contributed by atoms with Crippen LogP contribution in [-0.4, -0.2) is 36.2 Å². The van der Waals surface area contributed by atoms with Crippen molar-refractivity contribution in [1.82, 2.24) is 10.2 Å². The van der Waals surface area contributed by atoms with E-state index in [9.17, 15) is 18.0 Å². The van der Waals surface area contributed by atoms with Crippen molar-refractivity contribution in [2.24, 2.45) is 0 Å². The first kappa shape index (κ1) is 23.4. The summed E-state index contributed by atoms with van der Waals surface area (Å²) in [6.45, 7) is 4.71. The van der Waals surface area contributed by atoms with Crippen LogP contribution in [0.5, 0.6) is 0 Å². The van der Waals surface area contributed by atoms with Gasteiger partial charge in [-0.2, -0.15) is 13.2 Å². The van der Waals surface area contributed by atoms with Crippen molar-refractivity contribution in [3.8, 4) is 0 Å². The normalized spacial score (nSPS) is 16.5. The number of alkyl halides is 3. The Bertz CT molecular complexity index is 883. The molecule has 2 aromatic carbocycles. The van der Waals surface area contributed by atoms with E-state index in [1.165, 1.54) is 12.1 Å². The van der Waals surface area contributed by atoms with Crippen LogP contribution in [0.15, 0.2) is 48.5 Å². The van der Waals surface area contributed by atoms with Gasteiger partial charge in [0, 0.05) is 17.5 Å². The molecule has 1 N–H and O–H groups in total. The largest absolute Gasteiger partial charge is 0.416 e. The summed E-state index contributed by atoms with van der Waals surface area (Å²) >= 11 is 5.97. The van der Waals surface area contributed by atoms with Crippen molar-refractivity contribution in [1.29, 1.82) is 0 Å². The second-order valence-corrected chi connectivity index (χ2v) is 8.26. The first-order chi connectivity index (χ1) is 14.7. The summed E-state index contributed by atoms with van der Waals surface area (Å²) in [6.07, 6.45) is -4.39. The molecule has 1 saturated heterocycles. The van der Waals surface area contributed by atoms with Gasteiger partial charge in [0.1, 0.15) is 0 Å². The number of amides is 2. The molecule has 8 heteroatoms. The van der Waals surface area contributed by atoms with Crippen molar-refractivity contribution in [2.45, 2.75) is 51.1 Å². The lowest BCUT2D eigenvalue weighted by molar-refractivity contribution is -0.138. The Morgan fingerprint density at radius 1 is 1.19 bits per heavy atom. The van der Waals surface area contributed by atoms with Gasteiger partial charge in [0.25, 0.3) is 0 Å². The van der Waals surface area contributed by atoms with Crippen LogP contribution in [0, 0.1) is 0 Å². The number of hydrogen-bond acceptors (Lipinski definition) is 2. The fourth-order valence-corrected chi connectivity index (χ4v) is 3.55. The average Bonchev–Trinajstić information content (AvgIpc) is 2.69. The third kappa shape index (κ3) is 6.14. The van der Waals surface area contributed by atoms with Gasteiger partial charge in [0.05, 0.1) is 30.9 Å². The highest BCUT2D eigenvalue weighted by atomic mass is 35.5. The van der Waals surface area contributed by atoms with E-state index < -0.39 is 17.8 Å². The lowest BCUT2D eigenvalue weighted by Gasteiger charge is -2.41. The smallest absolute Gasteiger partial charge is 0.366 e. The number of ether oxygens (including phenoxy) is 1. The molecular formula is C23H26ClF3N2O2. The summed E-state index contributed by atoms with van der Waals surface area (Å²) in [6, 6.07) is 12.3. The number of halogens is 4. The van der Waals surface area contributed by atoms with Gasteiger partial charge in [-0.25, -0.2) is 4.79 Å². The Balaban J connectivity index is 1.73. The maximum Gasteiger partial charge on any atom is 0.416 e. The Kier molecular flexibility index (Phi) is 7.49. The minimum Gasteiger partial charge on any atom is -0.366 e. The number of carbonyl (C=O) groups excluding carboxylic acids is 1. The summed E-state index contributed by atoms with van der Waals surface area (Å²) in [5.74, 6) is 0. The molecule has 2 amide bonds. The fraction of sp³-hybridized carbons (Fsp3) is 0.435. The van der Waals surface area contributed by atoms with Gasteiger partial charge in [0.2, 0.25) is 0 Å². The first-order valence-electron chi connectivity index (χ1n) is 10.3. The molecule has 31 heavy (non-hydrogen) atoms. The molecule has 2 aromatic rings. The van der Waals surface area contributed by atoms with Gasteiger partial charge in [-0.1, -0.05) is 48.9 Å². The Morgan fingerprint density at radius 2 is 1.84 bits per heavy atom. The molecule has 0 aromatic heterocycles. The molecule has 0 bridgehead atoms. The van der Waals surface area contributed by atoms with Crippen molar-refractivity contribution < 1.29 is 22.7 Å². The molecule has 0 aliphatic carbocycles. The average molecular weight is 455 g/mol. The van der Waals surface area contributed by atoms with Crippen LogP contribution >= 0.6 is 11.6 Å². The number of nitrogens with one attached hydrogen (secondary N) is 1. The first-order valence-corrected chi connectivity index (χ1v) is 10.7. The molecule has 0 spiro atoms. The molecule has 1 fully saturated rings. The Hall–Kier alpha value is -2.25.